The molecule has 0 spiro atoms. The third-order valence-corrected chi connectivity index (χ3v) is 4.54. The molecule has 0 unspecified atom stereocenters. The highest BCUT2D eigenvalue weighted by atomic mass is 79.9. The molecule has 0 aliphatic carbocycles. The van der Waals surface area contributed by atoms with Crippen molar-refractivity contribution in [3.05, 3.63) is 87.9 Å². The van der Waals surface area contributed by atoms with Gasteiger partial charge in [0, 0.05) is 6.21 Å². The third kappa shape index (κ3) is 4.98. The molecule has 0 aliphatic heterocycles. The lowest BCUT2D eigenvalue weighted by molar-refractivity contribution is 0.0697. The van der Waals surface area contributed by atoms with Crippen molar-refractivity contribution in [1.29, 1.82) is 0 Å². The monoisotopic (exact) mass is 439 g/mol. The fourth-order valence-corrected chi connectivity index (χ4v) is 3.09. The van der Waals surface area contributed by atoms with Crippen LogP contribution in [0.3, 0.4) is 0 Å². The zero-order chi connectivity index (χ0) is 19.9. The first-order chi connectivity index (χ1) is 13.6. The van der Waals surface area contributed by atoms with Gasteiger partial charge in [0.2, 0.25) is 0 Å². The number of ether oxygens (including phenoxy) is 2. The highest BCUT2D eigenvalue weighted by Crippen LogP contribution is 2.37. The predicted molar refractivity (Wildman–Crippen MR) is 112 cm³/mol. The first kappa shape index (κ1) is 19.6. The number of hydrogen-bond donors (Lipinski definition) is 1. The minimum Gasteiger partial charge on any atom is -0.493 e. The number of halogens is 1. The molecule has 28 heavy (non-hydrogen) atoms. The smallest absolute Gasteiger partial charge is 0.335 e. The normalized spacial score (nSPS) is 10.8. The molecular formula is C22H18BrNO4. The first-order valence-corrected chi connectivity index (χ1v) is 9.28. The maximum absolute atomic E-state index is 10.9. The molecule has 0 heterocycles. The molecule has 3 aromatic rings. The number of carboxylic acid groups (broad SMARTS) is 1. The average molecular weight is 440 g/mol. The minimum absolute atomic E-state index is 0.240. The second-order valence-corrected chi connectivity index (χ2v) is 6.77. The molecule has 1 N–H and O–H groups in total. The number of aromatic carboxylic acids is 1. The Morgan fingerprint density at radius 1 is 1.11 bits per heavy atom. The number of carbonyl (C=O) groups is 1. The number of rotatable bonds is 7. The molecule has 0 amide bonds. The van der Waals surface area contributed by atoms with Crippen LogP contribution in [0.1, 0.15) is 21.5 Å². The summed E-state index contributed by atoms with van der Waals surface area (Å²) in [5.41, 5.74) is 2.83. The van der Waals surface area contributed by atoms with Crippen LogP contribution >= 0.6 is 15.9 Å². The van der Waals surface area contributed by atoms with E-state index in [1.165, 1.54) is 0 Å². The van der Waals surface area contributed by atoms with E-state index in [0.717, 1.165) is 21.3 Å². The van der Waals surface area contributed by atoms with Crippen LogP contribution in [0.15, 0.2) is 76.2 Å². The van der Waals surface area contributed by atoms with Crippen molar-refractivity contribution in [2.45, 2.75) is 6.61 Å². The topological polar surface area (TPSA) is 68.1 Å². The van der Waals surface area contributed by atoms with Crippen molar-refractivity contribution in [2.75, 3.05) is 7.11 Å². The van der Waals surface area contributed by atoms with Gasteiger partial charge in [0.25, 0.3) is 0 Å². The average Bonchev–Trinajstić information content (AvgIpc) is 2.72. The van der Waals surface area contributed by atoms with Crippen molar-refractivity contribution in [3.8, 4) is 11.5 Å². The Kier molecular flexibility index (Phi) is 6.45. The molecule has 3 aromatic carbocycles. The van der Waals surface area contributed by atoms with Crippen LogP contribution in [0, 0.1) is 0 Å². The third-order valence-electron chi connectivity index (χ3n) is 3.95. The van der Waals surface area contributed by atoms with Crippen LogP contribution in [0.4, 0.5) is 5.69 Å². The van der Waals surface area contributed by atoms with E-state index in [1.807, 2.05) is 42.5 Å². The maximum atomic E-state index is 10.9. The minimum atomic E-state index is -0.954. The molecule has 0 radical (unpaired) electrons. The Bertz CT molecular complexity index is 985. The van der Waals surface area contributed by atoms with Crippen molar-refractivity contribution < 1.29 is 19.4 Å². The van der Waals surface area contributed by atoms with E-state index < -0.39 is 5.97 Å². The van der Waals surface area contributed by atoms with Gasteiger partial charge in [-0.3, -0.25) is 4.99 Å². The fraction of sp³-hybridized carbons (Fsp3) is 0.0909. The summed E-state index contributed by atoms with van der Waals surface area (Å²) < 4.78 is 12.1. The van der Waals surface area contributed by atoms with E-state index in [0.29, 0.717) is 11.5 Å². The van der Waals surface area contributed by atoms with Crippen molar-refractivity contribution in [3.63, 3.8) is 0 Å². The van der Waals surface area contributed by atoms with Gasteiger partial charge < -0.3 is 14.6 Å². The number of hydrogen-bond acceptors (Lipinski definition) is 4. The molecular weight excluding hydrogens is 422 g/mol. The fourth-order valence-electron chi connectivity index (χ4n) is 2.52. The Morgan fingerprint density at radius 3 is 2.46 bits per heavy atom. The summed E-state index contributed by atoms with van der Waals surface area (Å²) in [6.07, 6.45) is 1.76. The van der Waals surface area contributed by atoms with Gasteiger partial charge in [-0.15, -0.1) is 0 Å². The zero-order valence-corrected chi connectivity index (χ0v) is 16.7. The summed E-state index contributed by atoms with van der Waals surface area (Å²) in [5.74, 6) is 0.192. The van der Waals surface area contributed by atoms with E-state index in [-0.39, 0.29) is 12.2 Å². The summed E-state index contributed by atoms with van der Waals surface area (Å²) in [6.45, 7) is 0.284. The molecule has 0 aromatic heterocycles. The van der Waals surface area contributed by atoms with Crippen molar-refractivity contribution >= 4 is 33.8 Å². The van der Waals surface area contributed by atoms with Gasteiger partial charge in [0.05, 0.1) is 22.8 Å². The summed E-state index contributed by atoms with van der Waals surface area (Å²) in [5, 5.41) is 8.97. The molecule has 142 valence electrons. The first-order valence-electron chi connectivity index (χ1n) is 8.48. The second-order valence-electron chi connectivity index (χ2n) is 5.92. The Labute approximate surface area is 171 Å². The van der Waals surface area contributed by atoms with E-state index in [1.54, 1.807) is 37.6 Å². The highest BCUT2D eigenvalue weighted by molar-refractivity contribution is 9.10. The summed E-state index contributed by atoms with van der Waals surface area (Å²) in [4.78, 5) is 15.4. The van der Waals surface area contributed by atoms with Crippen LogP contribution in [0.5, 0.6) is 11.5 Å². The molecule has 5 nitrogen and oxygen atoms in total. The summed E-state index contributed by atoms with van der Waals surface area (Å²) >= 11 is 3.52. The highest BCUT2D eigenvalue weighted by Gasteiger charge is 2.12. The Hall–Kier alpha value is -3.12. The molecule has 0 bridgehead atoms. The molecule has 0 atom stereocenters. The molecule has 0 fully saturated rings. The van der Waals surface area contributed by atoms with E-state index in [2.05, 4.69) is 20.9 Å². The number of para-hydroxylation sites is 1. The SMILES string of the molecule is COc1cc(C=Nc2ccccc2)cc(Br)c1OCc1ccc(C(=O)O)cc1. The second kappa shape index (κ2) is 9.19. The van der Waals surface area contributed by atoms with E-state index >= 15 is 0 Å². The summed E-state index contributed by atoms with van der Waals surface area (Å²) in [7, 11) is 1.58. The zero-order valence-electron chi connectivity index (χ0n) is 15.1. The van der Waals surface area contributed by atoms with Crippen molar-refractivity contribution in [1.82, 2.24) is 0 Å². The quantitative estimate of drug-likeness (QED) is 0.494. The van der Waals surface area contributed by atoms with Gasteiger partial charge in [-0.2, -0.15) is 0 Å². The molecule has 0 saturated carbocycles. The summed E-state index contributed by atoms with van der Waals surface area (Å²) in [6, 6.07) is 20.0. The predicted octanol–water partition coefficient (Wildman–Crippen LogP) is 5.49. The van der Waals surface area contributed by atoms with Crippen LogP contribution < -0.4 is 9.47 Å². The molecule has 0 aliphatic rings. The lowest BCUT2D eigenvalue weighted by Crippen LogP contribution is -2.01. The molecule has 6 heteroatoms. The van der Waals surface area contributed by atoms with Gasteiger partial charge in [-0.05, 0) is 63.5 Å². The van der Waals surface area contributed by atoms with Crippen LogP contribution in [0.25, 0.3) is 0 Å². The maximum Gasteiger partial charge on any atom is 0.335 e. The van der Waals surface area contributed by atoms with Crippen molar-refractivity contribution in [2.24, 2.45) is 4.99 Å². The van der Waals surface area contributed by atoms with Gasteiger partial charge in [0.1, 0.15) is 6.61 Å². The van der Waals surface area contributed by atoms with E-state index in [4.69, 9.17) is 14.6 Å². The number of aliphatic imine (C=N–C) groups is 1. The van der Waals surface area contributed by atoms with Gasteiger partial charge in [-0.25, -0.2) is 4.79 Å². The number of methoxy groups -OCH3 is 1. The Balaban J connectivity index is 1.76. The number of carboxylic acids is 1. The largest absolute Gasteiger partial charge is 0.493 e. The van der Waals surface area contributed by atoms with Crippen LogP contribution in [-0.4, -0.2) is 24.4 Å². The van der Waals surface area contributed by atoms with Gasteiger partial charge in [0.15, 0.2) is 11.5 Å². The van der Waals surface area contributed by atoms with Crippen LogP contribution in [0.2, 0.25) is 0 Å². The Morgan fingerprint density at radius 2 is 1.82 bits per heavy atom. The standard InChI is InChI=1S/C22H18BrNO4/c1-27-20-12-16(13-24-18-5-3-2-4-6-18)11-19(23)21(20)28-14-15-7-9-17(10-8-15)22(25)26/h2-13H,14H2,1H3,(H,25,26). The van der Waals surface area contributed by atoms with E-state index in [9.17, 15) is 4.79 Å². The van der Waals surface area contributed by atoms with Gasteiger partial charge >= 0.3 is 5.97 Å². The molecule has 0 saturated heterocycles. The lowest BCUT2D eigenvalue weighted by Gasteiger charge is -2.13. The van der Waals surface area contributed by atoms with Crippen LogP contribution in [-0.2, 0) is 6.61 Å². The number of benzene rings is 3. The number of nitrogens with zero attached hydrogens (tertiary/aromatic N) is 1. The van der Waals surface area contributed by atoms with Gasteiger partial charge in [-0.1, -0.05) is 30.3 Å². The lowest BCUT2D eigenvalue weighted by atomic mass is 10.1. The molecule has 3 rings (SSSR count).